The number of esters is 1. The average Bonchev–Trinajstić information content (AvgIpc) is 2.35. The van der Waals surface area contributed by atoms with Gasteiger partial charge < -0.3 is 14.8 Å². The fraction of sp³-hybridized carbons (Fsp3) is 0.500. The summed E-state index contributed by atoms with van der Waals surface area (Å²) in [6, 6.07) is 8.14. The van der Waals surface area contributed by atoms with Gasteiger partial charge >= 0.3 is 5.97 Å². The molecule has 1 aromatic carbocycles. The van der Waals surface area contributed by atoms with Crippen molar-refractivity contribution in [3.63, 3.8) is 0 Å². The summed E-state index contributed by atoms with van der Waals surface area (Å²) in [5.74, 6) is 0.333. The van der Waals surface area contributed by atoms with Gasteiger partial charge in [0.05, 0.1) is 6.61 Å². The highest BCUT2D eigenvalue weighted by Gasteiger charge is 2.03. The standard InChI is InChI=1S/C14H21NO3/c1-4-17-14(16)10-18-13-7-5-12(6-8-13)9-15-11(2)3/h5-8,11,15H,4,9-10H2,1-3H3. The van der Waals surface area contributed by atoms with Crippen LogP contribution in [0.3, 0.4) is 0 Å². The normalized spacial score (nSPS) is 10.4. The highest BCUT2D eigenvalue weighted by atomic mass is 16.6. The van der Waals surface area contributed by atoms with Crippen LogP contribution in [0.5, 0.6) is 5.75 Å². The van der Waals surface area contributed by atoms with Gasteiger partial charge in [0.1, 0.15) is 5.75 Å². The molecule has 100 valence electrons. The molecule has 0 saturated heterocycles. The summed E-state index contributed by atoms with van der Waals surface area (Å²) in [4.78, 5) is 11.1. The van der Waals surface area contributed by atoms with Crippen LogP contribution in [0.1, 0.15) is 26.3 Å². The Labute approximate surface area is 108 Å². The Morgan fingerprint density at radius 2 is 1.94 bits per heavy atom. The molecule has 18 heavy (non-hydrogen) atoms. The smallest absolute Gasteiger partial charge is 0.344 e. The molecular formula is C14H21NO3. The minimum absolute atomic E-state index is 0.0442. The van der Waals surface area contributed by atoms with Crippen LogP contribution in [-0.2, 0) is 16.1 Å². The van der Waals surface area contributed by atoms with Gasteiger partial charge in [-0.1, -0.05) is 26.0 Å². The van der Waals surface area contributed by atoms with E-state index in [-0.39, 0.29) is 12.6 Å². The molecular weight excluding hydrogens is 230 g/mol. The largest absolute Gasteiger partial charge is 0.482 e. The highest BCUT2D eigenvalue weighted by molar-refractivity contribution is 5.71. The van der Waals surface area contributed by atoms with Gasteiger partial charge in [-0.15, -0.1) is 0 Å². The van der Waals surface area contributed by atoms with Crippen molar-refractivity contribution in [3.8, 4) is 5.75 Å². The lowest BCUT2D eigenvalue weighted by molar-refractivity contribution is -0.145. The van der Waals surface area contributed by atoms with Crippen LogP contribution in [0.2, 0.25) is 0 Å². The summed E-state index contributed by atoms with van der Waals surface area (Å²) < 4.78 is 10.1. The molecule has 0 radical (unpaired) electrons. The van der Waals surface area contributed by atoms with Gasteiger partial charge in [0.2, 0.25) is 0 Å². The lowest BCUT2D eigenvalue weighted by atomic mass is 10.2. The van der Waals surface area contributed by atoms with Crippen molar-refractivity contribution >= 4 is 5.97 Å². The number of rotatable bonds is 7. The zero-order valence-electron chi connectivity index (χ0n) is 11.2. The molecule has 0 saturated carbocycles. The van der Waals surface area contributed by atoms with Crippen LogP contribution in [0.15, 0.2) is 24.3 Å². The summed E-state index contributed by atoms with van der Waals surface area (Å²) in [6.45, 7) is 7.15. The fourth-order valence-electron chi connectivity index (χ4n) is 1.37. The summed E-state index contributed by atoms with van der Waals surface area (Å²) in [7, 11) is 0. The van der Waals surface area contributed by atoms with Gasteiger partial charge in [0.15, 0.2) is 6.61 Å². The number of hydrogen-bond donors (Lipinski definition) is 1. The maximum atomic E-state index is 11.1. The fourth-order valence-corrected chi connectivity index (χ4v) is 1.37. The van der Waals surface area contributed by atoms with Crippen LogP contribution < -0.4 is 10.1 Å². The first kappa shape index (κ1) is 14.5. The first-order chi connectivity index (χ1) is 8.61. The van der Waals surface area contributed by atoms with Crippen LogP contribution in [0.4, 0.5) is 0 Å². The zero-order chi connectivity index (χ0) is 13.4. The Morgan fingerprint density at radius 3 is 2.50 bits per heavy atom. The van der Waals surface area contributed by atoms with Gasteiger partial charge in [-0.05, 0) is 24.6 Å². The van der Waals surface area contributed by atoms with Crippen molar-refractivity contribution in [2.75, 3.05) is 13.2 Å². The van der Waals surface area contributed by atoms with E-state index in [2.05, 4.69) is 19.2 Å². The molecule has 1 aromatic rings. The number of carbonyl (C=O) groups excluding carboxylic acids is 1. The SMILES string of the molecule is CCOC(=O)COc1ccc(CNC(C)C)cc1. The van der Waals surface area contributed by atoms with E-state index in [0.717, 1.165) is 6.54 Å². The van der Waals surface area contributed by atoms with E-state index in [1.165, 1.54) is 5.56 Å². The molecule has 1 N–H and O–H groups in total. The molecule has 0 aliphatic rings. The third-order valence-corrected chi connectivity index (χ3v) is 2.30. The van der Waals surface area contributed by atoms with Gasteiger partial charge in [0, 0.05) is 12.6 Å². The quantitative estimate of drug-likeness (QED) is 0.754. The molecule has 0 aromatic heterocycles. The molecule has 0 aliphatic carbocycles. The Kier molecular flexibility index (Phi) is 6.22. The maximum Gasteiger partial charge on any atom is 0.344 e. The molecule has 0 fully saturated rings. The molecule has 0 spiro atoms. The van der Waals surface area contributed by atoms with Gasteiger partial charge in [-0.2, -0.15) is 0 Å². The number of ether oxygens (including phenoxy) is 2. The van der Waals surface area contributed by atoms with Crippen molar-refractivity contribution in [1.29, 1.82) is 0 Å². The lowest BCUT2D eigenvalue weighted by Crippen LogP contribution is -2.21. The van der Waals surface area contributed by atoms with E-state index < -0.39 is 0 Å². The molecule has 4 heteroatoms. The summed E-state index contributed by atoms with van der Waals surface area (Å²) in [5.41, 5.74) is 1.19. The molecule has 0 aliphatic heterocycles. The van der Waals surface area contributed by atoms with E-state index in [9.17, 15) is 4.79 Å². The van der Waals surface area contributed by atoms with Crippen molar-refractivity contribution in [2.24, 2.45) is 0 Å². The third-order valence-electron chi connectivity index (χ3n) is 2.30. The van der Waals surface area contributed by atoms with E-state index in [4.69, 9.17) is 9.47 Å². The van der Waals surface area contributed by atoms with E-state index in [1.807, 2.05) is 24.3 Å². The minimum atomic E-state index is -0.344. The van der Waals surface area contributed by atoms with Gasteiger partial charge in [-0.25, -0.2) is 4.79 Å². The Hall–Kier alpha value is -1.55. The van der Waals surface area contributed by atoms with Crippen molar-refractivity contribution in [1.82, 2.24) is 5.32 Å². The number of benzene rings is 1. The van der Waals surface area contributed by atoms with Crippen LogP contribution in [0, 0.1) is 0 Å². The monoisotopic (exact) mass is 251 g/mol. The predicted octanol–water partition coefficient (Wildman–Crippen LogP) is 2.13. The number of hydrogen-bond acceptors (Lipinski definition) is 4. The predicted molar refractivity (Wildman–Crippen MR) is 70.5 cm³/mol. The van der Waals surface area contributed by atoms with E-state index in [0.29, 0.717) is 18.4 Å². The average molecular weight is 251 g/mol. The number of carbonyl (C=O) groups is 1. The molecule has 4 nitrogen and oxygen atoms in total. The maximum absolute atomic E-state index is 11.1. The van der Waals surface area contributed by atoms with Crippen molar-refractivity contribution in [3.05, 3.63) is 29.8 Å². The second kappa shape index (κ2) is 7.71. The minimum Gasteiger partial charge on any atom is -0.482 e. The summed E-state index contributed by atoms with van der Waals surface area (Å²) >= 11 is 0. The topological polar surface area (TPSA) is 47.6 Å². The van der Waals surface area contributed by atoms with E-state index in [1.54, 1.807) is 6.92 Å². The second-order valence-corrected chi connectivity index (χ2v) is 4.27. The second-order valence-electron chi connectivity index (χ2n) is 4.27. The number of nitrogens with one attached hydrogen (secondary N) is 1. The lowest BCUT2D eigenvalue weighted by Gasteiger charge is -2.09. The third kappa shape index (κ3) is 5.68. The summed E-state index contributed by atoms with van der Waals surface area (Å²) in [6.07, 6.45) is 0. The molecule has 0 heterocycles. The molecule has 0 atom stereocenters. The van der Waals surface area contributed by atoms with Crippen molar-refractivity contribution < 1.29 is 14.3 Å². The molecule has 0 amide bonds. The first-order valence-corrected chi connectivity index (χ1v) is 6.22. The molecule has 0 unspecified atom stereocenters. The van der Waals surface area contributed by atoms with Crippen LogP contribution in [-0.4, -0.2) is 25.2 Å². The van der Waals surface area contributed by atoms with Crippen LogP contribution in [0.25, 0.3) is 0 Å². The Bertz CT molecular complexity index is 360. The van der Waals surface area contributed by atoms with Crippen LogP contribution >= 0.6 is 0 Å². The van der Waals surface area contributed by atoms with Crippen molar-refractivity contribution in [2.45, 2.75) is 33.4 Å². The van der Waals surface area contributed by atoms with Gasteiger partial charge in [-0.3, -0.25) is 0 Å². The van der Waals surface area contributed by atoms with E-state index >= 15 is 0 Å². The van der Waals surface area contributed by atoms with Gasteiger partial charge in [0.25, 0.3) is 0 Å². The first-order valence-electron chi connectivity index (χ1n) is 6.22. The molecule has 0 bridgehead atoms. The summed E-state index contributed by atoms with van der Waals surface area (Å²) in [5, 5.41) is 3.33. The Morgan fingerprint density at radius 1 is 1.28 bits per heavy atom. The zero-order valence-corrected chi connectivity index (χ0v) is 11.2. The Balaban J connectivity index is 2.38. The molecule has 1 rings (SSSR count). The highest BCUT2D eigenvalue weighted by Crippen LogP contribution is 2.12.